The summed E-state index contributed by atoms with van der Waals surface area (Å²) in [6.45, 7) is 7.39. The highest BCUT2D eigenvalue weighted by atomic mass is 32.1. The largest absolute Gasteiger partial charge is 0.491 e. The molecule has 2 aromatic rings. The Morgan fingerprint density at radius 1 is 1.30 bits per heavy atom. The van der Waals surface area contributed by atoms with Crippen LogP contribution in [0, 0.1) is 6.92 Å². The normalized spacial score (nSPS) is 10.7. The topological polar surface area (TPSA) is 51.2 Å². The summed E-state index contributed by atoms with van der Waals surface area (Å²) in [6.07, 6.45) is 0.155. The average molecular weight is 290 g/mol. The first-order valence-corrected chi connectivity index (χ1v) is 7.25. The molecule has 0 saturated heterocycles. The summed E-state index contributed by atoms with van der Waals surface area (Å²) in [4.78, 5) is 11.6. The Labute approximate surface area is 123 Å². The summed E-state index contributed by atoms with van der Waals surface area (Å²) in [5, 5.41) is 4.02. The van der Waals surface area contributed by atoms with Crippen molar-refractivity contribution in [1.29, 1.82) is 0 Å². The van der Waals surface area contributed by atoms with Crippen LogP contribution in [0.1, 0.15) is 36.8 Å². The third-order valence-electron chi connectivity index (χ3n) is 2.70. The first-order chi connectivity index (χ1) is 9.47. The lowest BCUT2D eigenvalue weighted by atomic mass is 10.2. The van der Waals surface area contributed by atoms with Gasteiger partial charge in [-0.05, 0) is 63.5 Å². The summed E-state index contributed by atoms with van der Waals surface area (Å²) in [6, 6.07) is 7.67. The van der Waals surface area contributed by atoms with E-state index in [4.69, 9.17) is 4.74 Å². The van der Waals surface area contributed by atoms with Gasteiger partial charge in [0.15, 0.2) is 5.78 Å². The number of hydrogen-bond acceptors (Lipinski definition) is 5. The van der Waals surface area contributed by atoms with Crippen molar-refractivity contribution in [1.82, 2.24) is 4.37 Å². The molecule has 0 atom stereocenters. The van der Waals surface area contributed by atoms with Crippen molar-refractivity contribution in [3.63, 3.8) is 0 Å². The number of aryl methyl sites for hydroxylation is 1. The smallest absolute Gasteiger partial charge is 0.164 e. The van der Waals surface area contributed by atoms with E-state index in [9.17, 15) is 4.79 Å². The van der Waals surface area contributed by atoms with Crippen molar-refractivity contribution in [2.45, 2.75) is 33.8 Å². The monoisotopic (exact) mass is 290 g/mol. The SMILES string of the molecule is CC(=O)c1c(C)nsc1Nc1ccc(OC(C)C)cc1. The molecule has 4 nitrogen and oxygen atoms in total. The molecule has 0 fully saturated rings. The van der Waals surface area contributed by atoms with E-state index < -0.39 is 0 Å². The number of benzene rings is 1. The van der Waals surface area contributed by atoms with Gasteiger partial charge in [-0.3, -0.25) is 4.79 Å². The van der Waals surface area contributed by atoms with Crippen LogP contribution in [-0.2, 0) is 0 Å². The Morgan fingerprint density at radius 2 is 1.95 bits per heavy atom. The minimum Gasteiger partial charge on any atom is -0.491 e. The van der Waals surface area contributed by atoms with Crippen LogP contribution in [0.25, 0.3) is 0 Å². The zero-order chi connectivity index (χ0) is 14.7. The molecule has 1 aromatic carbocycles. The highest BCUT2D eigenvalue weighted by molar-refractivity contribution is 7.10. The maximum absolute atomic E-state index is 11.6. The summed E-state index contributed by atoms with van der Waals surface area (Å²) in [5.74, 6) is 0.858. The predicted molar refractivity (Wildman–Crippen MR) is 82.3 cm³/mol. The van der Waals surface area contributed by atoms with Crippen LogP contribution in [-0.4, -0.2) is 16.3 Å². The average Bonchev–Trinajstić information content (AvgIpc) is 2.72. The molecule has 0 bridgehead atoms. The van der Waals surface area contributed by atoms with Gasteiger partial charge in [0.2, 0.25) is 0 Å². The second-order valence-corrected chi connectivity index (χ2v) is 5.62. The number of carbonyl (C=O) groups excluding carboxylic acids is 1. The maximum Gasteiger partial charge on any atom is 0.164 e. The molecule has 0 radical (unpaired) electrons. The first-order valence-electron chi connectivity index (χ1n) is 6.48. The Morgan fingerprint density at radius 3 is 2.50 bits per heavy atom. The zero-order valence-corrected chi connectivity index (χ0v) is 12.9. The van der Waals surface area contributed by atoms with E-state index in [1.165, 1.54) is 11.5 Å². The minimum absolute atomic E-state index is 0.0264. The van der Waals surface area contributed by atoms with Crippen molar-refractivity contribution in [3.05, 3.63) is 35.5 Å². The van der Waals surface area contributed by atoms with Crippen LogP contribution < -0.4 is 10.1 Å². The Kier molecular flexibility index (Phi) is 4.39. The Hall–Kier alpha value is -1.88. The highest BCUT2D eigenvalue weighted by Crippen LogP contribution is 2.29. The molecule has 0 spiro atoms. The number of Topliss-reactive ketones (excluding diaryl/α,β-unsaturated/α-hetero) is 1. The summed E-state index contributed by atoms with van der Waals surface area (Å²) in [7, 11) is 0. The van der Waals surface area contributed by atoms with Crippen LogP contribution in [0.4, 0.5) is 10.7 Å². The number of anilines is 2. The van der Waals surface area contributed by atoms with Crippen molar-refractivity contribution < 1.29 is 9.53 Å². The molecule has 1 heterocycles. The number of ether oxygens (including phenoxy) is 1. The zero-order valence-electron chi connectivity index (χ0n) is 12.1. The number of nitrogens with one attached hydrogen (secondary N) is 1. The number of aromatic nitrogens is 1. The van der Waals surface area contributed by atoms with Gasteiger partial charge in [-0.2, -0.15) is 4.37 Å². The van der Waals surface area contributed by atoms with Gasteiger partial charge in [0.05, 0.1) is 17.4 Å². The van der Waals surface area contributed by atoms with E-state index >= 15 is 0 Å². The van der Waals surface area contributed by atoms with Crippen LogP contribution in [0.15, 0.2) is 24.3 Å². The van der Waals surface area contributed by atoms with Gasteiger partial charge >= 0.3 is 0 Å². The summed E-state index contributed by atoms with van der Waals surface area (Å²) >= 11 is 1.30. The lowest BCUT2D eigenvalue weighted by Crippen LogP contribution is -2.05. The molecular formula is C15H18N2O2S. The van der Waals surface area contributed by atoms with E-state index in [0.717, 1.165) is 22.1 Å². The lowest BCUT2D eigenvalue weighted by molar-refractivity contribution is 0.101. The number of hydrogen-bond donors (Lipinski definition) is 1. The maximum atomic E-state index is 11.6. The predicted octanol–water partition coefficient (Wildman–Crippen LogP) is 4.18. The van der Waals surface area contributed by atoms with Crippen molar-refractivity contribution in [2.24, 2.45) is 0 Å². The molecule has 0 aliphatic heterocycles. The van der Waals surface area contributed by atoms with Crippen molar-refractivity contribution >= 4 is 28.0 Å². The molecule has 5 heteroatoms. The van der Waals surface area contributed by atoms with Gasteiger partial charge in [0.1, 0.15) is 10.8 Å². The van der Waals surface area contributed by atoms with E-state index in [1.807, 2.05) is 45.0 Å². The molecule has 1 aromatic heterocycles. The second kappa shape index (κ2) is 6.05. The molecule has 0 unspecified atom stereocenters. The van der Waals surface area contributed by atoms with E-state index in [-0.39, 0.29) is 11.9 Å². The standard InChI is InChI=1S/C15H18N2O2S/c1-9(2)19-13-7-5-12(6-8-13)16-15-14(11(4)18)10(3)17-20-15/h5-9,16H,1-4H3. The van der Waals surface area contributed by atoms with Crippen molar-refractivity contribution in [2.75, 3.05) is 5.32 Å². The number of rotatable bonds is 5. The molecule has 20 heavy (non-hydrogen) atoms. The fraction of sp³-hybridized carbons (Fsp3) is 0.333. The van der Waals surface area contributed by atoms with Crippen molar-refractivity contribution in [3.8, 4) is 5.75 Å². The van der Waals surface area contributed by atoms with E-state index in [1.54, 1.807) is 6.92 Å². The van der Waals surface area contributed by atoms with Gasteiger partial charge in [-0.1, -0.05) is 0 Å². The van der Waals surface area contributed by atoms with Crippen LogP contribution >= 0.6 is 11.5 Å². The number of nitrogens with zero attached hydrogens (tertiary/aromatic N) is 1. The fourth-order valence-electron chi connectivity index (χ4n) is 1.89. The van der Waals surface area contributed by atoms with Crippen LogP contribution in [0.3, 0.4) is 0 Å². The number of ketones is 1. The molecule has 0 saturated carbocycles. The lowest BCUT2D eigenvalue weighted by Gasteiger charge is -2.10. The minimum atomic E-state index is 0.0264. The van der Waals surface area contributed by atoms with E-state index in [2.05, 4.69) is 9.69 Å². The quantitative estimate of drug-likeness (QED) is 0.839. The second-order valence-electron chi connectivity index (χ2n) is 4.84. The molecular weight excluding hydrogens is 272 g/mol. The molecule has 0 amide bonds. The van der Waals surface area contributed by atoms with Gasteiger partial charge in [-0.25, -0.2) is 0 Å². The number of carbonyl (C=O) groups is 1. The fourth-order valence-corrected chi connectivity index (χ4v) is 2.76. The van der Waals surface area contributed by atoms with Gasteiger partial charge in [0.25, 0.3) is 0 Å². The third kappa shape index (κ3) is 3.36. The van der Waals surface area contributed by atoms with Gasteiger partial charge in [-0.15, -0.1) is 0 Å². The first kappa shape index (κ1) is 14.5. The molecule has 2 rings (SSSR count). The van der Waals surface area contributed by atoms with Gasteiger partial charge in [0, 0.05) is 5.69 Å². The summed E-state index contributed by atoms with van der Waals surface area (Å²) < 4.78 is 9.82. The summed E-state index contributed by atoms with van der Waals surface area (Å²) in [5.41, 5.74) is 2.34. The van der Waals surface area contributed by atoms with Crippen LogP contribution in [0.5, 0.6) is 5.75 Å². The molecule has 1 N–H and O–H groups in total. The van der Waals surface area contributed by atoms with Crippen LogP contribution in [0.2, 0.25) is 0 Å². The Bertz CT molecular complexity index is 603. The molecule has 0 aliphatic rings. The van der Waals surface area contributed by atoms with Gasteiger partial charge < -0.3 is 10.1 Å². The molecule has 106 valence electrons. The van der Waals surface area contributed by atoms with E-state index in [0.29, 0.717) is 5.56 Å². The third-order valence-corrected chi connectivity index (χ3v) is 3.55. The molecule has 0 aliphatic carbocycles. The Balaban J connectivity index is 2.16. The highest BCUT2D eigenvalue weighted by Gasteiger charge is 2.14.